The highest BCUT2D eigenvalue weighted by atomic mass is 32.2. The van der Waals surface area contributed by atoms with E-state index in [1.54, 1.807) is 31.2 Å². The highest BCUT2D eigenvalue weighted by Crippen LogP contribution is 2.26. The number of hydrogen-bond donors (Lipinski definition) is 1. The summed E-state index contributed by atoms with van der Waals surface area (Å²) in [5, 5.41) is 12.4. The molecule has 0 aliphatic heterocycles. The van der Waals surface area contributed by atoms with Gasteiger partial charge in [-0.05, 0) is 45.1 Å². The standard InChI is InChI=1S/C25H31N5O3S/c1-5-21(29(3)4)23-27-28-25(30(23)16-18-12-8-7-9-13-18)34-17-22(31)26-20-15-11-10-14-19(20)24(32)33-6-2/h7-15,21H,5-6,16-17H2,1-4H3,(H,26,31)/t21-/m1/s1. The van der Waals surface area contributed by atoms with Crippen molar-refractivity contribution in [1.82, 2.24) is 19.7 Å². The first kappa shape index (κ1) is 25.5. The Morgan fingerprint density at radius 2 is 1.76 bits per heavy atom. The summed E-state index contributed by atoms with van der Waals surface area (Å²) in [6.07, 6.45) is 0.885. The van der Waals surface area contributed by atoms with Gasteiger partial charge in [-0.2, -0.15) is 0 Å². The fraction of sp³-hybridized carbons (Fsp3) is 0.360. The topological polar surface area (TPSA) is 89.3 Å². The van der Waals surface area contributed by atoms with Crippen molar-refractivity contribution in [3.63, 3.8) is 0 Å². The minimum atomic E-state index is -0.465. The van der Waals surface area contributed by atoms with E-state index in [1.165, 1.54) is 11.8 Å². The third-order valence-electron chi connectivity index (χ3n) is 5.27. The summed E-state index contributed by atoms with van der Waals surface area (Å²) in [5.74, 6) is 0.291. The molecular weight excluding hydrogens is 450 g/mol. The molecule has 180 valence electrons. The number of nitrogens with zero attached hydrogens (tertiary/aromatic N) is 4. The number of esters is 1. The number of thioether (sulfide) groups is 1. The van der Waals surface area contributed by atoms with Gasteiger partial charge in [0.25, 0.3) is 0 Å². The van der Waals surface area contributed by atoms with E-state index in [0.29, 0.717) is 23.0 Å². The highest BCUT2D eigenvalue weighted by Gasteiger charge is 2.23. The van der Waals surface area contributed by atoms with Crippen molar-refractivity contribution in [3.8, 4) is 0 Å². The van der Waals surface area contributed by atoms with E-state index in [1.807, 2.05) is 32.3 Å². The summed E-state index contributed by atoms with van der Waals surface area (Å²) < 4.78 is 7.16. The third kappa shape index (κ3) is 6.45. The van der Waals surface area contributed by atoms with E-state index in [4.69, 9.17) is 4.74 Å². The lowest BCUT2D eigenvalue weighted by atomic mass is 10.2. The van der Waals surface area contributed by atoms with Crippen LogP contribution in [0.25, 0.3) is 0 Å². The molecule has 3 aromatic rings. The van der Waals surface area contributed by atoms with Crippen molar-refractivity contribution in [2.75, 3.05) is 31.8 Å². The second-order valence-corrected chi connectivity index (χ2v) is 8.85. The van der Waals surface area contributed by atoms with Crippen molar-refractivity contribution < 1.29 is 14.3 Å². The Morgan fingerprint density at radius 1 is 1.06 bits per heavy atom. The number of aromatic nitrogens is 3. The highest BCUT2D eigenvalue weighted by molar-refractivity contribution is 7.99. The molecule has 8 nitrogen and oxygen atoms in total. The number of ether oxygens (including phenoxy) is 1. The number of carbonyl (C=O) groups excluding carboxylic acids is 2. The Morgan fingerprint density at radius 3 is 2.44 bits per heavy atom. The second kappa shape index (κ2) is 12.3. The van der Waals surface area contributed by atoms with Crippen LogP contribution in [0, 0.1) is 0 Å². The Hall–Kier alpha value is -3.17. The van der Waals surface area contributed by atoms with Gasteiger partial charge in [0.2, 0.25) is 5.91 Å². The average Bonchev–Trinajstić information content (AvgIpc) is 3.21. The van der Waals surface area contributed by atoms with Crippen molar-refractivity contribution >= 4 is 29.3 Å². The predicted molar refractivity (Wildman–Crippen MR) is 134 cm³/mol. The number of rotatable bonds is 11. The fourth-order valence-electron chi connectivity index (χ4n) is 3.64. The molecule has 2 aromatic carbocycles. The van der Waals surface area contributed by atoms with E-state index >= 15 is 0 Å². The summed E-state index contributed by atoms with van der Waals surface area (Å²) in [5.41, 5.74) is 1.89. The van der Waals surface area contributed by atoms with Crippen LogP contribution >= 0.6 is 11.8 Å². The van der Waals surface area contributed by atoms with Gasteiger partial charge in [0, 0.05) is 0 Å². The molecule has 0 saturated carbocycles. The van der Waals surface area contributed by atoms with E-state index in [9.17, 15) is 9.59 Å². The number of anilines is 1. The molecule has 9 heteroatoms. The zero-order valence-electron chi connectivity index (χ0n) is 20.0. The first-order valence-corrected chi connectivity index (χ1v) is 12.2. The number of hydrogen-bond acceptors (Lipinski definition) is 7. The molecule has 0 fully saturated rings. The third-order valence-corrected chi connectivity index (χ3v) is 6.23. The zero-order valence-corrected chi connectivity index (χ0v) is 20.8. The SMILES string of the molecule is CCOC(=O)c1ccccc1NC(=O)CSc1nnc([C@@H](CC)N(C)C)n1Cc1ccccc1. The fourth-order valence-corrected chi connectivity index (χ4v) is 4.39. The van der Waals surface area contributed by atoms with Crippen molar-refractivity contribution in [2.24, 2.45) is 0 Å². The monoisotopic (exact) mass is 481 g/mol. The predicted octanol–water partition coefficient (Wildman–Crippen LogP) is 4.25. The van der Waals surface area contributed by atoms with Gasteiger partial charge in [-0.15, -0.1) is 10.2 Å². The molecule has 0 spiro atoms. The van der Waals surface area contributed by atoms with Crippen LogP contribution in [0.4, 0.5) is 5.69 Å². The molecule has 0 bridgehead atoms. The molecule has 3 rings (SSSR count). The first-order chi connectivity index (χ1) is 16.4. The quantitative estimate of drug-likeness (QED) is 0.323. The van der Waals surface area contributed by atoms with Gasteiger partial charge < -0.3 is 14.6 Å². The molecule has 34 heavy (non-hydrogen) atoms. The Kier molecular flexibility index (Phi) is 9.24. The molecule has 1 atom stereocenters. The van der Waals surface area contributed by atoms with Crippen LogP contribution in [0.2, 0.25) is 0 Å². The first-order valence-electron chi connectivity index (χ1n) is 11.3. The van der Waals surface area contributed by atoms with Gasteiger partial charge in [-0.3, -0.25) is 9.69 Å². The molecule has 0 saturated heterocycles. The minimum absolute atomic E-state index is 0.107. The smallest absolute Gasteiger partial charge is 0.340 e. The maximum atomic E-state index is 12.7. The van der Waals surface area contributed by atoms with Crippen LogP contribution in [0.15, 0.2) is 59.8 Å². The molecular formula is C25H31N5O3S. The van der Waals surface area contributed by atoms with Crippen molar-refractivity contribution in [3.05, 3.63) is 71.5 Å². The summed E-state index contributed by atoms with van der Waals surface area (Å²) in [6.45, 7) is 4.74. The van der Waals surface area contributed by atoms with E-state index in [0.717, 1.165) is 17.8 Å². The lowest BCUT2D eigenvalue weighted by Crippen LogP contribution is -2.23. The van der Waals surface area contributed by atoms with Gasteiger partial charge in [0.1, 0.15) is 0 Å². The van der Waals surface area contributed by atoms with Gasteiger partial charge in [-0.25, -0.2) is 4.79 Å². The summed E-state index contributed by atoms with van der Waals surface area (Å²) in [7, 11) is 4.05. The number of para-hydroxylation sites is 1. The largest absolute Gasteiger partial charge is 0.462 e. The van der Waals surface area contributed by atoms with Gasteiger partial charge in [0.05, 0.1) is 36.2 Å². The van der Waals surface area contributed by atoms with E-state index in [-0.39, 0.29) is 24.3 Å². The van der Waals surface area contributed by atoms with Crippen LogP contribution in [-0.4, -0.2) is 58.0 Å². The molecule has 0 radical (unpaired) electrons. The van der Waals surface area contributed by atoms with Gasteiger partial charge in [-0.1, -0.05) is 61.2 Å². The molecule has 1 amide bonds. The van der Waals surface area contributed by atoms with E-state index in [2.05, 4.69) is 44.0 Å². The van der Waals surface area contributed by atoms with Crippen LogP contribution in [0.1, 0.15) is 48.1 Å². The average molecular weight is 482 g/mol. The molecule has 0 unspecified atom stereocenters. The number of amides is 1. The minimum Gasteiger partial charge on any atom is -0.462 e. The Labute approximate surface area is 204 Å². The van der Waals surface area contributed by atoms with Crippen molar-refractivity contribution in [1.29, 1.82) is 0 Å². The number of carbonyl (C=O) groups is 2. The lowest BCUT2D eigenvalue weighted by molar-refractivity contribution is -0.113. The number of benzene rings is 2. The Balaban J connectivity index is 1.77. The summed E-state index contributed by atoms with van der Waals surface area (Å²) in [4.78, 5) is 27.1. The summed E-state index contributed by atoms with van der Waals surface area (Å²) >= 11 is 1.32. The van der Waals surface area contributed by atoms with E-state index < -0.39 is 5.97 Å². The maximum absolute atomic E-state index is 12.7. The zero-order chi connectivity index (χ0) is 24.5. The van der Waals surface area contributed by atoms with Gasteiger partial charge >= 0.3 is 5.97 Å². The lowest BCUT2D eigenvalue weighted by Gasteiger charge is -2.23. The number of nitrogens with one attached hydrogen (secondary N) is 1. The van der Waals surface area contributed by atoms with Crippen LogP contribution in [0.3, 0.4) is 0 Å². The van der Waals surface area contributed by atoms with Crippen molar-refractivity contribution in [2.45, 2.75) is 38.0 Å². The summed E-state index contributed by atoms with van der Waals surface area (Å²) in [6, 6.07) is 17.0. The van der Waals surface area contributed by atoms with Gasteiger partial charge in [0.15, 0.2) is 11.0 Å². The molecule has 0 aliphatic carbocycles. The normalized spacial score (nSPS) is 11.9. The molecule has 1 N–H and O–H groups in total. The molecule has 0 aliphatic rings. The second-order valence-electron chi connectivity index (χ2n) is 7.90. The molecule has 1 heterocycles. The van der Waals surface area contributed by atoms with Crippen LogP contribution in [-0.2, 0) is 16.1 Å². The molecule has 1 aromatic heterocycles. The Bertz CT molecular complexity index is 1100. The maximum Gasteiger partial charge on any atom is 0.340 e. The van der Waals surface area contributed by atoms with Crippen LogP contribution < -0.4 is 5.32 Å². The van der Waals surface area contributed by atoms with Crippen LogP contribution in [0.5, 0.6) is 0 Å².